The van der Waals surface area contributed by atoms with Gasteiger partial charge in [-0.2, -0.15) is 0 Å². The Bertz CT molecular complexity index is 524. The van der Waals surface area contributed by atoms with Crippen LogP contribution in [0.3, 0.4) is 0 Å². The van der Waals surface area contributed by atoms with Gasteiger partial charge in [0.05, 0.1) is 12.4 Å². The second-order valence-electron chi connectivity index (χ2n) is 3.08. The zero-order valence-electron chi connectivity index (χ0n) is 9.15. The van der Waals surface area contributed by atoms with Gasteiger partial charge in [0.25, 0.3) is 0 Å². The summed E-state index contributed by atoms with van der Waals surface area (Å²) in [4.78, 5) is 15.4. The SMILES string of the molecule is N=C(N=NC(=N)c1cnccn1)c1cnccn1. The minimum absolute atomic E-state index is 0.170. The molecule has 2 heterocycles. The highest BCUT2D eigenvalue weighted by atomic mass is 15.2. The standard InChI is InChI=1S/C10H8N8/c11-9(7-5-13-1-3-15-7)17-18-10(12)8-6-14-2-4-16-8/h1-6,11-12H. The topological polar surface area (TPSA) is 124 Å². The number of nitrogens with zero attached hydrogens (tertiary/aromatic N) is 6. The fraction of sp³-hybridized carbons (Fsp3) is 0. The van der Waals surface area contributed by atoms with Crippen LogP contribution >= 0.6 is 0 Å². The number of amidine groups is 2. The number of azo groups is 1. The molecule has 8 nitrogen and oxygen atoms in total. The summed E-state index contributed by atoms with van der Waals surface area (Å²) in [5.74, 6) is -0.339. The zero-order valence-corrected chi connectivity index (χ0v) is 9.15. The molecule has 0 unspecified atom stereocenters. The van der Waals surface area contributed by atoms with Crippen molar-refractivity contribution in [1.29, 1.82) is 10.8 Å². The zero-order chi connectivity index (χ0) is 12.8. The molecule has 0 saturated carbocycles. The molecule has 0 bridgehead atoms. The van der Waals surface area contributed by atoms with Gasteiger partial charge in [-0.1, -0.05) is 0 Å². The maximum absolute atomic E-state index is 7.59. The largest absolute Gasteiger partial charge is 0.279 e. The molecular weight excluding hydrogens is 232 g/mol. The van der Waals surface area contributed by atoms with Gasteiger partial charge in [-0.05, 0) is 0 Å². The fourth-order valence-corrected chi connectivity index (χ4v) is 1.05. The van der Waals surface area contributed by atoms with Gasteiger partial charge in [-0.15, -0.1) is 10.2 Å². The molecule has 2 aromatic heterocycles. The summed E-state index contributed by atoms with van der Waals surface area (Å²) in [6, 6.07) is 0. The quantitative estimate of drug-likeness (QED) is 0.462. The molecule has 0 aliphatic rings. The van der Waals surface area contributed by atoms with E-state index in [4.69, 9.17) is 10.8 Å². The molecule has 0 radical (unpaired) electrons. The Kier molecular flexibility index (Phi) is 3.50. The molecule has 2 rings (SSSR count). The van der Waals surface area contributed by atoms with E-state index < -0.39 is 0 Å². The highest BCUT2D eigenvalue weighted by molar-refractivity contribution is 5.98. The van der Waals surface area contributed by atoms with Crippen molar-refractivity contribution in [2.75, 3.05) is 0 Å². The molecule has 88 valence electrons. The summed E-state index contributed by atoms with van der Waals surface area (Å²) in [6.07, 6.45) is 8.69. The Labute approximate surface area is 102 Å². The lowest BCUT2D eigenvalue weighted by molar-refractivity contribution is 1.12. The third-order valence-corrected chi connectivity index (χ3v) is 1.86. The Hall–Kier alpha value is -2.90. The van der Waals surface area contributed by atoms with Gasteiger partial charge in [-0.3, -0.25) is 20.8 Å². The minimum Gasteiger partial charge on any atom is -0.279 e. The first kappa shape index (κ1) is 11.6. The molecule has 0 spiro atoms. The molecule has 0 fully saturated rings. The van der Waals surface area contributed by atoms with Crippen molar-refractivity contribution in [3.63, 3.8) is 0 Å². The predicted molar refractivity (Wildman–Crippen MR) is 62.6 cm³/mol. The second-order valence-corrected chi connectivity index (χ2v) is 3.08. The second kappa shape index (κ2) is 5.43. The van der Waals surface area contributed by atoms with Crippen molar-refractivity contribution in [2.45, 2.75) is 0 Å². The van der Waals surface area contributed by atoms with E-state index in [1.165, 1.54) is 37.2 Å². The van der Waals surface area contributed by atoms with Crippen LogP contribution in [0.25, 0.3) is 0 Å². The average molecular weight is 240 g/mol. The molecule has 0 aromatic carbocycles. The van der Waals surface area contributed by atoms with Crippen LogP contribution in [0.2, 0.25) is 0 Å². The first-order valence-electron chi connectivity index (χ1n) is 4.89. The van der Waals surface area contributed by atoms with Crippen molar-refractivity contribution in [3.05, 3.63) is 48.6 Å². The van der Waals surface area contributed by atoms with E-state index in [9.17, 15) is 0 Å². The van der Waals surface area contributed by atoms with Gasteiger partial charge in [0, 0.05) is 24.8 Å². The Balaban J connectivity index is 2.08. The van der Waals surface area contributed by atoms with E-state index in [1.54, 1.807) is 0 Å². The number of rotatable bonds is 2. The van der Waals surface area contributed by atoms with Gasteiger partial charge in [-0.25, -0.2) is 9.97 Å². The van der Waals surface area contributed by atoms with Crippen LogP contribution in [0, 0.1) is 10.8 Å². The molecule has 0 aliphatic heterocycles. The monoisotopic (exact) mass is 240 g/mol. The first-order valence-corrected chi connectivity index (χ1v) is 4.89. The molecule has 0 atom stereocenters. The predicted octanol–water partition coefficient (Wildman–Crippen LogP) is 1.07. The van der Waals surface area contributed by atoms with Crippen LogP contribution < -0.4 is 0 Å². The summed E-state index contributed by atoms with van der Waals surface area (Å²) in [5, 5.41) is 22.3. The number of nitrogens with one attached hydrogen (secondary N) is 2. The summed E-state index contributed by atoms with van der Waals surface area (Å²) in [7, 11) is 0. The smallest absolute Gasteiger partial charge is 0.194 e. The lowest BCUT2D eigenvalue weighted by atomic mass is 10.4. The molecule has 2 aromatic rings. The summed E-state index contributed by atoms with van der Waals surface area (Å²) < 4.78 is 0. The molecule has 18 heavy (non-hydrogen) atoms. The first-order chi connectivity index (χ1) is 8.77. The highest BCUT2D eigenvalue weighted by Gasteiger charge is 2.03. The van der Waals surface area contributed by atoms with Gasteiger partial charge in [0.2, 0.25) is 0 Å². The van der Waals surface area contributed by atoms with E-state index >= 15 is 0 Å². The van der Waals surface area contributed by atoms with E-state index in [-0.39, 0.29) is 23.1 Å². The Morgan fingerprint density at radius 2 is 1.22 bits per heavy atom. The number of aromatic nitrogens is 4. The Morgan fingerprint density at radius 3 is 1.56 bits per heavy atom. The fourth-order valence-electron chi connectivity index (χ4n) is 1.05. The van der Waals surface area contributed by atoms with Gasteiger partial charge >= 0.3 is 0 Å². The van der Waals surface area contributed by atoms with Crippen molar-refractivity contribution in [2.24, 2.45) is 10.2 Å². The van der Waals surface area contributed by atoms with Crippen LogP contribution in [0.5, 0.6) is 0 Å². The lowest BCUT2D eigenvalue weighted by Gasteiger charge is -1.95. The van der Waals surface area contributed by atoms with Crippen molar-refractivity contribution in [3.8, 4) is 0 Å². The van der Waals surface area contributed by atoms with E-state index in [0.29, 0.717) is 0 Å². The third-order valence-electron chi connectivity index (χ3n) is 1.86. The molecule has 2 N–H and O–H groups in total. The highest BCUT2D eigenvalue weighted by Crippen LogP contribution is 1.98. The number of hydrogen-bond acceptors (Lipinski definition) is 6. The van der Waals surface area contributed by atoms with Crippen LogP contribution in [0.1, 0.15) is 11.4 Å². The molecule has 0 amide bonds. The van der Waals surface area contributed by atoms with Gasteiger partial charge in [0.15, 0.2) is 11.7 Å². The van der Waals surface area contributed by atoms with Gasteiger partial charge in [0.1, 0.15) is 11.4 Å². The van der Waals surface area contributed by atoms with E-state index in [1.807, 2.05) is 0 Å². The summed E-state index contributed by atoms with van der Waals surface area (Å²) in [5.41, 5.74) is 0.571. The van der Waals surface area contributed by atoms with Crippen LogP contribution in [-0.4, -0.2) is 31.6 Å². The Morgan fingerprint density at radius 1 is 0.778 bits per heavy atom. The van der Waals surface area contributed by atoms with E-state index in [2.05, 4.69) is 30.2 Å². The van der Waals surface area contributed by atoms with Gasteiger partial charge < -0.3 is 0 Å². The van der Waals surface area contributed by atoms with Crippen LogP contribution in [0.15, 0.2) is 47.4 Å². The molecule has 0 aliphatic carbocycles. The van der Waals surface area contributed by atoms with Crippen LogP contribution in [-0.2, 0) is 0 Å². The lowest BCUT2D eigenvalue weighted by Crippen LogP contribution is -2.02. The average Bonchev–Trinajstić information content (AvgIpc) is 2.46. The molecular formula is C10H8N8. The van der Waals surface area contributed by atoms with Crippen LogP contribution in [0.4, 0.5) is 0 Å². The van der Waals surface area contributed by atoms with Crippen molar-refractivity contribution in [1.82, 2.24) is 19.9 Å². The molecule has 0 saturated heterocycles. The summed E-state index contributed by atoms with van der Waals surface area (Å²) in [6.45, 7) is 0. The maximum Gasteiger partial charge on any atom is 0.194 e. The van der Waals surface area contributed by atoms with Crippen molar-refractivity contribution < 1.29 is 0 Å². The normalized spacial score (nSPS) is 10.4. The third kappa shape index (κ3) is 2.82. The van der Waals surface area contributed by atoms with Crippen molar-refractivity contribution >= 4 is 11.7 Å². The maximum atomic E-state index is 7.59. The minimum atomic E-state index is -0.170. The molecule has 8 heteroatoms. The van der Waals surface area contributed by atoms with E-state index in [0.717, 1.165) is 0 Å². The number of hydrogen-bond donors (Lipinski definition) is 2. The summed E-state index contributed by atoms with van der Waals surface area (Å²) >= 11 is 0.